The molecule has 0 aliphatic rings. The molecule has 0 aliphatic heterocycles. The van der Waals surface area contributed by atoms with Crippen molar-refractivity contribution in [1.82, 2.24) is 29.5 Å². The molecule has 0 atom stereocenters. The van der Waals surface area contributed by atoms with Gasteiger partial charge in [0.25, 0.3) is 10.1 Å². The van der Waals surface area contributed by atoms with Crippen LogP contribution in [0.4, 0.5) is 0 Å². The van der Waals surface area contributed by atoms with Gasteiger partial charge in [-0.2, -0.15) is 8.42 Å². The molecule has 60 heavy (non-hydrogen) atoms. The molecule has 0 fully saturated rings. The maximum absolute atomic E-state index is 11.5. The Morgan fingerprint density at radius 3 is 1.45 bits per heavy atom. The molecule has 0 radical (unpaired) electrons. The van der Waals surface area contributed by atoms with E-state index in [1.807, 2.05) is 55.5 Å². The molecule has 0 spiro atoms. The van der Waals surface area contributed by atoms with Gasteiger partial charge < -0.3 is 4.57 Å². The van der Waals surface area contributed by atoms with Crippen LogP contribution in [0.5, 0.6) is 0 Å². The first-order valence-corrected chi connectivity index (χ1v) is 20.9. The van der Waals surface area contributed by atoms with E-state index in [0.29, 0.717) is 6.54 Å². The summed E-state index contributed by atoms with van der Waals surface area (Å²) in [7, 11) is -4.26. The van der Waals surface area contributed by atoms with E-state index >= 15 is 0 Å². The molecule has 0 saturated heterocycles. The number of hydrogen-bond donors (Lipinski definition) is 1. The Kier molecular flexibility index (Phi) is 9.08. The summed E-state index contributed by atoms with van der Waals surface area (Å²) in [5, 5.41) is 0. The average Bonchev–Trinajstić information content (AvgIpc) is 3.59. The Labute approximate surface area is 346 Å². The van der Waals surface area contributed by atoms with E-state index in [-0.39, 0.29) is 4.90 Å². The molecule has 0 saturated carbocycles. The zero-order valence-electron chi connectivity index (χ0n) is 32.7. The lowest BCUT2D eigenvalue weighted by Crippen LogP contribution is -2.03. The molecule has 0 amide bonds. The summed E-state index contributed by atoms with van der Waals surface area (Å²) in [5.74, 6) is 0.829. The van der Waals surface area contributed by atoms with E-state index in [2.05, 4.69) is 102 Å². The first-order valence-electron chi connectivity index (χ1n) is 19.5. The average molecular weight is 801 g/mol. The van der Waals surface area contributed by atoms with Gasteiger partial charge in [-0.1, -0.05) is 115 Å². The lowest BCUT2D eigenvalue weighted by Gasteiger charge is -2.13. The minimum absolute atomic E-state index is 0.134. The maximum atomic E-state index is 11.5. The number of fused-ring (bicyclic) bond motifs is 3. The Balaban J connectivity index is 1.01. The van der Waals surface area contributed by atoms with Gasteiger partial charge >= 0.3 is 0 Å². The Hall–Kier alpha value is -7.40. The van der Waals surface area contributed by atoms with Gasteiger partial charge in [-0.05, 0) is 84.6 Å². The molecule has 10 rings (SSSR count). The van der Waals surface area contributed by atoms with E-state index in [1.165, 1.54) is 12.1 Å². The van der Waals surface area contributed by atoms with Crippen LogP contribution >= 0.6 is 0 Å². The van der Waals surface area contributed by atoms with Crippen LogP contribution < -0.4 is 0 Å². The fraction of sp³-hybridized carbons (Fsp3) is 0.0600. The van der Waals surface area contributed by atoms with Crippen LogP contribution in [0, 0.1) is 13.8 Å². The highest BCUT2D eigenvalue weighted by molar-refractivity contribution is 7.85. The van der Waals surface area contributed by atoms with Gasteiger partial charge in [-0.3, -0.25) is 4.55 Å². The minimum atomic E-state index is -4.26. The number of rotatable bonds is 8. The van der Waals surface area contributed by atoms with E-state index in [9.17, 15) is 13.0 Å². The largest absolute Gasteiger partial charge is 0.324 e. The van der Waals surface area contributed by atoms with Gasteiger partial charge in [-0.15, -0.1) is 0 Å². The van der Waals surface area contributed by atoms with Gasteiger partial charge in [0.2, 0.25) is 0 Å². The molecule has 10 aromatic rings. The second-order valence-electron chi connectivity index (χ2n) is 14.9. The van der Waals surface area contributed by atoms with Crippen molar-refractivity contribution in [2.24, 2.45) is 0 Å². The van der Waals surface area contributed by atoms with Gasteiger partial charge in [0.05, 0.1) is 60.8 Å². The molecule has 290 valence electrons. The fourth-order valence-electron chi connectivity index (χ4n) is 7.76. The molecule has 0 aliphatic carbocycles. The van der Waals surface area contributed by atoms with Crippen molar-refractivity contribution in [2.75, 3.05) is 0 Å². The highest BCUT2D eigenvalue weighted by Gasteiger charge is 2.18. The van der Waals surface area contributed by atoms with Crippen molar-refractivity contribution in [2.45, 2.75) is 25.3 Å². The Morgan fingerprint density at radius 2 is 0.900 bits per heavy atom. The second-order valence-corrected chi connectivity index (χ2v) is 16.3. The summed E-state index contributed by atoms with van der Waals surface area (Å²) in [6.45, 7) is 4.52. The SMILES string of the molecule is Cc1ccc2nc(-c3ccc(-c4nc5ccc(-c6ccc7c(c6)nc(C)n7Cc6ccc(S(=O)(=O)O)cc6)cc5nc4-c4ccccc4)cc3)c(-c3ccccc3)nc2c1. The number of aryl methyl sites for hydroxylation is 2. The molecule has 1 N–H and O–H groups in total. The van der Waals surface area contributed by atoms with Crippen LogP contribution in [-0.4, -0.2) is 42.5 Å². The summed E-state index contributed by atoms with van der Waals surface area (Å²) in [5.41, 5.74) is 16.2. The topological polar surface area (TPSA) is 124 Å². The van der Waals surface area contributed by atoms with E-state index in [4.69, 9.17) is 24.9 Å². The van der Waals surface area contributed by atoms with Crippen LogP contribution in [0.15, 0.2) is 169 Å². The van der Waals surface area contributed by atoms with Crippen molar-refractivity contribution in [3.63, 3.8) is 0 Å². The molecule has 3 heterocycles. The molecule has 7 aromatic carbocycles. The summed E-state index contributed by atoms with van der Waals surface area (Å²) >= 11 is 0. The van der Waals surface area contributed by atoms with Gasteiger partial charge in [-0.25, -0.2) is 24.9 Å². The van der Waals surface area contributed by atoms with Crippen LogP contribution in [0.3, 0.4) is 0 Å². The number of hydrogen-bond acceptors (Lipinski definition) is 7. The van der Waals surface area contributed by atoms with Crippen LogP contribution in [0.1, 0.15) is 17.0 Å². The van der Waals surface area contributed by atoms with Gasteiger partial charge in [0.15, 0.2) is 0 Å². The summed E-state index contributed by atoms with van der Waals surface area (Å²) < 4.78 is 34.5. The number of nitrogens with zero attached hydrogens (tertiary/aromatic N) is 6. The van der Waals surface area contributed by atoms with Crippen molar-refractivity contribution < 1.29 is 13.0 Å². The zero-order valence-corrected chi connectivity index (χ0v) is 33.5. The normalized spacial score (nSPS) is 11.8. The zero-order chi connectivity index (χ0) is 41.0. The summed E-state index contributed by atoms with van der Waals surface area (Å²) in [6.07, 6.45) is 0. The first kappa shape index (κ1) is 36.9. The molecule has 3 aromatic heterocycles. The molecular formula is C50H36N6O3S. The monoisotopic (exact) mass is 800 g/mol. The van der Waals surface area contributed by atoms with E-state index < -0.39 is 10.1 Å². The number of aromatic nitrogens is 6. The third-order valence-electron chi connectivity index (χ3n) is 10.8. The van der Waals surface area contributed by atoms with E-state index in [0.717, 1.165) is 106 Å². The third kappa shape index (κ3) is 6.97. The molecule has 0 bridgehead atoms. The first-order chi connectivity index (χ1) is 29.1. The lowest BCUT2D eigenvalue weighted by molar-refractivity contribution is 0.483. The lowest BCUT2D eigenvalue weighted by atomic mass is 9.99. The van der Waals surface area contributed by atoms with Gasteiger partial charge in [0.1, 0.15) is 5.82 Å². The van der Waals surface area contributed by atoms with Crippen molar-refractivity contribution in [3.05, 3.63) is 181 Å². The molecular weight excluding hydrogens is 765 g/mol. The van der Waals surface area contributed by atoms with Crippen molar-refractivity contribution in [3.8, 4) is 56.2 Å². The smallest absolute Gasteiger partial charge is 0.294 e. The maximum Gasteiger partial charge on any atom is 0.294 e. The van der Waals surface area contributed by atoms with E-state index in [1.54, 1.807) is 12.1 Å². The fourth-order valence-corrected chi connectivity index (χ4v) is 8.24. The minimum Gasteiger partial charge on any atom is -0.324 e. The van der Waals surface area contributed by atoms with Crippen LogP contribution in [0.2, 0.25) is 0 Å². The molecule has 0 unspecified atom stereocenters. The summed E-state index contributed by atoms with van der Waals surface area (Å²) in [6, 6.07) is 53.5. The Bertz CT molecular complexity index is 3370. The highest BCUT2D eigenvalue weighted by Crippen LogP contribution is 2.36. The van der Waals surface area contributed by atoms with Gasteiger partial charge in [0, 0.05) is 28.8 Å². The molecule has 9 nitrogen and oxygen atoms in total. The molecule has 10 heteroatoms. The highest BCUT2D eigenvalue weighted by atomic mass is 32.2. The van der Waals surface area contributed by atoms with Crippen LogP contribution in [-0.2, 0) is 16.7 Å². The quantitative estimate of drug-likeness (QED) is 0.151. The third-order valence-corrected chi connectivity index (χ3v) is 11.7. The predicted molar refractivity (Wildman–Crippen MR) is 238 cm³/mol. The predicted octanol–water partition coefficient (Wildman–Crippen LogP) is 11.2. The second kappa shape index (κ2) is 14.8. The van der Waals surface area contributed by atoms with Crippen molar-refractivity contribution >= 4 is 43.2 Å². The van der Waals surface area contributed by atoms with Crippen LogP contribution in [0.25, 0.3) is 89.3 Å². The number of benzene rings is 7. The summed E-state index contributed by atoms with van der Waals surface area (Å²) in [4.78, 5) is 25.5. The standard InChI is InChI=1S/C50H36N6O3S/c1-31-13-24-41-43(27-31)54-47(34-9-5-3-6-10-34)49(52-41)36-16-18-37(19-17-36)50-48(35-11-7-4-8-12-35)55-44-28-38(20-25-42(44)53-50)39-21-26-46-45(29-39)51-32(2)56(46)30-33-14-22-40(23-15-33)60(57,58)59/h3-29H,30H2,1-2H3,(H,57,58,59). The number of imidazole rings is 1. The van der Waals surface area contributed by atoms with Crippen molar-refractivity contribution in [1.29, 1.82) is 0 Å². The Morgan fingerprint density at radius 1 is 0.450 bits per heavy atom.